The summed E-state index contributed by atoms with van der Waals surface area (Å²) in [7, 11) is 0. The number of nitrogens with zero attached hydrogens (tertiary/aromatic N) is 1. The van der Waals surface area contributed by atoms with Crippen LogP contribution >= 0.6 is 0 Å². The van der Waals surface area contributed by atoms with E-state index in [4.69, 9.17) is 4.74 Å². The van der Waals surface area contributed by atoms with Crippen LogP contribution in [0.25, 0.3) is 0 Å². The summed E-state index contributed by atoms with van der Waals surface area (Å²) < 4.78 is 5.56. The minimum Gasteiger partial charge on any atom is -0.366 e. The Balaban J connectivity index is 1.57. The molecule has 5 nitrogen and oxygen atoms in total. The van der Waals surface area contributed by atoms with E-state index >= 15 is 0 Å². The highest BCUT2D eigenvalue weighted by Gasteiger charge is 2.33. The molecule has 0 aromatic rings. The molecule has 1 amide bonds. The highest BCUT2D eigenvalue weighted by Crippen LogP contribution is 2.27. The van der Waals surface area contributed by atoms with E-state index in [-0.39, 0.29) is 12.0 Å². The predicted octanol–water partition coefficient (Wildman–Crippen LogP) is -0.567. The van der Waals surface area contributed by atoms with E-state index in [0.717, 1.165) is 57.4 Å². The highest BCUT2D eigenvalue weighted by molar-refractivity contribution is 5.81. The number of nitrogens with one attached hydrogen (secondary N) is 2. The first-order valence-electron chi connectivity index (χ1n) is 7.16. The average molecular weight is 253 g/mol. The Bertz CT molecular complexity index is 291. The molecule has 18 heavy (non-hydrogen) atoms. The maximum Gasteiger partial charge on any atom is 0.253 e. The summed E-state index contributed by atoms with van der Waals surface area (Å²) in [4.78, 5) is 14.4. The summed E-state index contributed by atoms with van der Waals surface area (Å²) >= 11 is 0. The Morgan fingerprint density at radius 1 is 1.06 bits per heavy atom. The first kappa shape index (κ1) is 12.4. The summed E-state index contributed by atoms with van der Waals surface area (Å²) in [6.07, 6.45) is 2.03. The van der Waals surface area contributed by atoms with Gasteiger partial charge in [-0.05, 0) is 37.8 Å². The Hall–Kier alpha value is -0.650. The lowest BCUT2D eigenvalue weighted by atomic mass is 9.92. The van der Waals surface area contributed by atoms with Crippen LogP contribution in [0.15, 0.2) is 0 Å². The number of fused-ring (bicyclic) bond motifs is 1. The molecule has 0 unspecified atom stereocenters. The fourth-order valence-corrected chi connectivity index (χ4v) is 3.37. The predicted molar refractivity (Wildman–Crippen MR) is 68.3 cm³/mol. The number of carbonyl (C=O) groups is 1. The number of hydrogen-bond acceptors (Lipinski definition) is 4. The first-order chi connectivity index (χ1) is 8.84. The summed E-state index contributed by atoms with van der Waals surface area (Å²) in [5, 5.41) is 6.69. The van der Waals surface area contributed by atoms with E-state index < -0.39 is 0 Å². The summed E-state index contributed by atoms with van der Waals surface area (Å²) in [6, 6.07) is 0. The first-order valence-corrected chi connectivity index (χ1v) is 7.16. The summed E-state index contributed by atoms with van der Waals surface area (Å²) in [5.74, 6) is 1.73. The minimum absolute atomic E-state index is 0.190. The second-order valence-electron chi connectivity index (χ2n) is 5.64. The fraction of sp³-hybridized carbons (Fsp3) is 0.923. The lowest BCUT2D eigenvalue weighted by Crippen LogP contribution is -2.49. The molecule has 102 valence electrons. The Morgan fingerprint density at radius 3 is 2.39 bits per heavy atom. The van der Waals surface area contributed by atoms with Crippen LogP contribution in [0.3, 0.4) is 0 Å². The zero-order valence-electron chi connectivity index (χ0n) is 10.9. The van der Waals surface area contributed by atoms with Crippen LogP contribution in [0.1, 0.15) is 12.8 Å². The molecule has 3 saturated heterocycles. The summed E-state index contributed by atoms with van der Waals surface area (Å²) in [5.41, 5.74) is 0. The van der Waals surface area contributed by atoms with E-state index in [1.165, 1.54) is 0 Å². The number of amides is 1. The smallest absolute Gasteiger partial charge is 0.253 e. The van der Waals surface area contributed by atoms with E-state index in [1.807, 2.05) is 4.90 Å². The largest absolute Gasteiger partial charge is 0.366 e. The second kappa shape index (κ2) is 5.55. The summed E-state index contributed by atoms with van der Waals surface area (Å²) in [6.45, 7) is 6.26. The van der Waals surface area contributed by atoms with Crippen molar-refractivity contribution in [2.24, 2.45) is 11.8 Å². The van der Waals surface area contributed by atoms with Crippen molar-refractivity contribution in [2.75, 3.05) is 45.9 Å². The zero-order chi connectivity index (χ0) is 12.4. The molecule has 3 atom stereocenters. The minimum atomic E-state index is -0.255. The molecule has 0 radical (unpaired) electrons. The van der Waals surface area contributed by atoms with Crippen molar-refractivity contribution in [1.82, 2.24) is 15.5 Å². The Labute approximate surface area is 108 Å². The van der Waals surface area contributed by atoms with Gasteiger partial charge in [-0.25, -0.2) is 0 Å². The third kappa shape index (κ3) is 2.53. The van der Waals surface area contributed by atoms with Gasteiger partial charge in [0.15, 0.2) is 0 Å². The third-order valence-electron chi connectivity index (χ3n) is 4.53. The van der Waals surface area contributed by atoms with Gasteiger partial charge in [-0.2, -0.15) is 0 Å². The van der Waals surface area contributed by atoms with Gasteiger partial charge in [0, 0.05) is 26.2 Å². The molecule has 0 spiro atoms. The van der Waals surface area contributed by atoms with E-state index in [2.05, 4.69) is 10.6 Å². The van der Waals surface area contributed by atoms with Crippen LogP contribution in [-0.2, 0) is 9.53 Å². The zero-order valence-corrected chi connectivity index (χ0v) is 10.9. The normalized spacial score (nSPS) is 37.1. The highest BCUT2D eigenvalue weighted by atomic mass is 16.5. The topological polar surface area (TPSA) is 53.6 Å². The Kier molecular flexibility index (Phi) is 3.82. The van der Waals surface area contributed by atoms with Gasteiger partial charge in [0.05, 0.1) is 6.61 Å². The van der Waals surface area contributed by atoms with Crippen LogP contribution in [0, 0.1) is 11.8 Å². The van der Waals surface area contributed by atoms with Gasteiger partial charge in [0.1, 0.15) is 6.10 Å². The molecule has 0 aliphatic carbocycles. The molecular formula is C13H23N3O2. The van der Waals surface area contributed by atoms with Crippen molar-refractivity contribution in [3.63, 3.8) is 0 Å². The van der Waals surface area contributed by atoms with Crippen LogP contribution in [0.5, 0.6) is 0 Å². The van der Waals surface area contributed by atoms with Crippen molar-refractivity contribution >= 4 is 5.91 Å². The van der Waals surface area contributed by atoms with E-state index in [9.17, 15) is 4.79 Å². The van der Waals surface area contributed by atoms with Crippen LogP contribution in [0.4, 0.5) is 0 Å². The van der Waals surface area contributed by atoms with Crippen molar-refractivity contribution in [3.05, 3.63) is 0 Å². The van der Waals surface area contributed by atoms with Crippen LogP contribution in [-0.4, -0.2) is 62.8 Å². The van der Waals surface area contributed by atoms with Crippen molar-refractivity contribution in [1.29, 1.82) is 0 Å². The lowest BCUT2D eigenvalue weighted by Gasteiger charge is -2.29. The number of carbonyl (C=O) groups excluding carboxylic acids is 1. The molecule has 0 aromatic carbocycles. The van der Waals surface area contributed by atoms with Crippen molar-refractivity contribution in [3.8, 4) is 0 Å². The second-order valence-corrected chi connectivity index (χ2v) is 5.64. The van der Waals surface area contributed by atoms with Gasteiger partial charge >= 0.3 is 0 Å². The molecule has 3 heterocycles. The van der Waals surface area contributed by atoms with Gasteiger partial charge in [-0.1, -0.05) is 0 Å². The maximum atomic E-state index is 12.4. The number of hydrogen-bond donors (Lipinski definition) is 2. The SMILES string of the molecule is O=C([C@H]1CNCCO1)N1CC[C@@H]2CNC[C@@H]2CC1. The fourth-order valence-electron chi connectivity index (χ4n) is 3.37. The van der Waals surface area contributed by atoms with Crippen LogP contribution < -0.4 is 10.6 Å². The number of rotatable bonds is 1. The number of ether oxygens (including phenoxy) is 1. The quantitative estimate of drug-likeness (QED) is 0.657. The van der Waals surface area contributed by atoms with Gasteiger partial charge in [-0.3, -0.25) is 4.79 Å². The standard InChI is InChI=1S/C13H23N3O2/c17-13(12-9-14-3-6-18-12)16-4-1-10-7-15-8-11(10)2-5-16/h10-12,14-15H,1-9H2/t10-,11+,12-/m1/s1. The molecule has 0 aromatic heterocycles. The number of morpholine rings is 1. The molecule has 2 N–H and O–H groups in total. The Morgan fingerprint density at radius 2 is 1.78 bits per heavy atom. The van der Waals surface area contributed by atoms with Crippen LogP contribution in [0.2, 0.25) is 0 Å². The molecule has 0 bridgehead atoms. The molecular weight excluding hydrogens is 230 g/mol. The van der Waals surface area contributed by atoms with Gasteiger partial charge < -0.3 is 20.3 Å². The molecule has 0 saturated carbocycles. The average Bonchev–Trinajstić information content (AvgIpc) is 2.78. The monoisotopic (exact) mass is 253 g/mol. The van der Waals surface area contributed by atoms with Gasteiger partial charge in [-0.15, -0.1) is 0 Å². The molecule has 3 rings (SSSR count). The maximum absolute atomic E-state index is 12.4. The van der Waals surface area contributed by atoms with E-state index in [0.29, 0.717) is 13.2 Å². The van der Waals surface area contributed by atoms with Gasteiger partial charge in [0.2, 0.25) is 0 Å². The lowest BCUT2D eigenvalue weighted by molar-refractivity contribution is -0.145. The molecule has 3 aliphatic heterocycles. The third-order valence-corrected chi connectivity index (χ3v) is 4.53. The van der Waals surface area contributed by atoms with E-state index in [1.54, 1.807) is 0 Å². The van der Waals surface area contributed by atoms with Gasteiger partial charge in [0.25, 0.3) is 5.91 Å². The molecule has 3 fully saturated rings. The number of likely N-dealkylation sites (tertiary alicyclic amines) is 1. The molecule has 5 heteroatoms. The molecule has 3 aliphatic rings. The van der Waals surface area contributed by atoms with Crippen molar-refractivity contribution in [2.45, 2.75) is 18.9 Å². The van der Waals surface area contributed by atoms with Crippen molar-refractivity contribution < 1.29 is 9.53 Å².